The number of fused-ring (bicyclic) bond motifs is 1. The van der Waals surface area contributed by atoms with Gasteiger partial charge in [-0.1, -0.05) is 18.2 Å². The first-order valence-electron chi connectivity index (χ1n) is 8.50. The molecule has 6 heteroatoms. The standard InChI is InChI=1S/C18H22N2O4/c1-23-15-5-3-2-4-11(15)12-8-13(12)18(22)20-7-6-16-14(9-20)19-17(21)10-24-16/h2-5,12-14,16H,6-10H2,1H3,(H,19,21)/t12-,13+,14+,16-/m0/s1. The quantitative estimate of drug-likeness (QED) is 0.895. The van der Waals surface area contributed by atoms with Crippen LogP contribution in [0.2, 0.25) is 0 Å². The molecule has 2 amide bonds. The summed E-state index contributed by atoms with van der Waals surface area (Å²) in [7, 11) is 1.66. The Labute approximate surface area is 141 Å². The molecule has 6 nitrogen and oxygen atoms in total. The van der Waals surface area contributed by atoms with Gasteiger partial charge in [0.1, 0.15) is 12.4 Å². The van der Waals surface area contributed by atoms with E-state index in [2.05, 4.69) is 5.32 Å². The van der Waals surface area contributed by atoms with E-state index in [1.165, 1.54) is 0 Å². The number of methoxy groups -OCH3 is 1. The van der Waals surface area contributed by atoms with Gasteiger partial charge in [0.05, 0.1) is 19.3 Å². The molecule has 0 aromatic heterocycles. The van der Waals surface area contributed by atoms with Crippen LogP contribution in [0.15, 0.2) is 24.3 Å². The number of hydrogen-bond donors (Lipinski definition) is 1. The average molecular weight is 330 g/mol. The van der Waals surface area contributed by atoms with E-state index < -0.39 is 0 Å². The molecule has 2 heterocycles. The minimum absolute atomic E-state index is 0.0260. The highest BCUT2D eigenvalue weighted by atomic mass is 16.5. The number of likely N-dealkylation sites (tertiary alicyclic amines) is 1. The van der Waals surface area contributed by atoms with E-state index in [0.29, 0.717) is 13.1 Å². The summed E-state index contributed by atoms with van der Waals surface area (Å²) in [4.78, 5) is 26.2. The SMILES string of the molecule is COc1ccccc1[C@@H]1C[C@H]1C(=O)N1CC[C@@H]2OCC(=O)N[C@@H]2C1. The number of benzene rings is 1. The summed E-state index contributed by atoms with van der Waals surface area (Å²) in [6, 6.07) is 7.83. The predicted molar refractivity (Wildman–Crippen MR) is 86.7 cm³/mol. The van der Waals surface area contributed by atoms with Crippen LogP contribution in [0.5, 0.6) is 5.75 Å². The summed E-state index contributed by atoms with van der Waals surface area (Å²) in [5.74, 6) is 1.21. The average Bonchev–Trinajstić information content (AvgIpc) is 3.41. The Kier molecular flexibility index (Phi) is 3.92. The van der Waals surface area contributed by atoms with Crippen LogP contribution in [0, 0.1) is 5.92 Å². The maximum atomic E-state index is 12.8. The normalized spacial score (nSPS) is 31.9. The summed E-state index contributed by atoms with van der Waals surface area (Å²) in [5, 5.41) is 2.95. The van der Waals surface area contributed by atoms with Gasteiger partial charge in [0, 0.05) is 19.0 Å². The molecular weight excluding hydrogens is 308 g/mol. The number of ether oxygens (including phenoxy) is 2. The third kappa shape index (κ3) is 2.75. The van der Waals surface area contributed by atoms with Gasteiger partial charge >= 0.3 is 0 Å². The van der Waals surface area contributed by atoms with Crippen molar-refractivity contribution in [1.29, 1.82) is 0 Å². The largest absolute Gasteiger partial charge is 0.496 e. The first kappa shape index (κ1) is 15.4. The fraction of sp³-hybridized carbons (Fsp3) is 0.556. The number of nitrogens with one attached hydrogen (secondary N) is 1. The fourth-order valence-corrected chi connectivity index (χ4v) is 3.92. The van der Waals surface area contributed by atoms with Crippen molar-refractivity contribution in [2.75, 3.05) is 26.8 Å². The lowest BCUT2D eigenvalue weighted by atomic mass is 9.99. The van der Waals surface area contributed by atoms with E-state index in [-0.39, 0.29) is 42.4 Å². The Balaban J connectivity index is 1.41. The second-order valence-corrected chi connectivity index (χ2v) is 6.79. The molecule has 4 rings (SSSR count). The van der Waals surface area contributed by atoms with Gasteiger partial charge in [-0.15, -0.1) is 0 Å². The Morgan fingerprint density at radius 2 is 2.21 bits per heavy atom. The van der Waals surface area contributed by atoms with E-state index in [1.54, 1.807) is 7.11 Å². The number of hydrogen-bond acceptors (Lipinski definition) is 4. The molecule has 1 aromatic carbocycles. The highest BCUT2D eigenvalue weighted by molar-refractivity contribution is 5.84. The van der Waals surface area contributed by atoms with E-state index in [1.807, 2.05) is 29.2 Å². The van der Waals surface area contributed by atoms with Gasteiger partial charge < -0.3 is 19.7 Å². The van der Waals surface area contributed by atoms with Gasteiger partial charge in [-0.25, -0.2) is 0 Å². The molecule has 0 bridgehead atoms. The topological polar surface area (TPSA) is 67.9 Å². The molecular formula is C18H22N2O4. The Morgan fingerprint density at radius 1 is 1.38 bits per heavy atom. The van der Waals surface area contributed by atoms with Gasteiger partial charge in [-0.2, -0.15) is 0 Å². The molecule has 3 fully saturated rings. The van der Waals surface area contributed by atoms with Crippen molar-refractivity contribution in [2.24, 2.45) is 5.92 Å². The van der Waals surface area contributed by atoms with E-state index in [0.717, 1.165) is 24.2 Å². The van der Waals surface area contributed by atoms with Crippen molar-refractivity contribution in [1.82, 2.24) is 10.2 Å². The number of morpholine rings is 1. The molecule has 0 spiro atoms. The van der Waals surface area contributed by atoms with Crippen LogP contribution in [0.25, 0.3) is 0 Å². The molecule has 3 aliphatic rings. The van der Waals surface area contributed by atoms with Crippen LogP contribution < -0.4 is 10.1 Å². The van der Waals surface area contributed by atoms with Gasteiger partial charge in [-0.3, -0.25) is 9.59 Å². The van der Waals surface area contributed by atoms with Crippen molar-refractivity contribution in [3.05, 3.63) is 29.8 Å². The third-order valence-corrected chi connectivity index (χ3v) is 5.28. The predicted octanol–water partition coefficient (Wildman–Crippen LogP) is 0.915. The monoisotopic (exact) mass is 330 g/mol. The minimum Gasteiger partial charge on any atom is -0.496 e. The Morgan fingerprint density at radius 3 is 3.04 bits per heavy atom. The molecule has 24 heavy (non-hydrogen) atoms. The lowest BCUT2D eigenvalue weighted by molar-refractivity contribution is -0.147. The molecule has 2 saturated heterocycles. The maximum absolute atomic E-state index is 12.8. The van der Waals surface area contributed by atoms with Crippen molar-refractivity contribution >= 4 is 11.8 Å². The van der Waals surface area contributed by atoms with E-state index in [9.17, 15) is 9.59 Å². The first-order valence-corrected chi connectivity index (χ1v) is 8.50. The number of piperidine rings is 1. The second-order valence-electron chi connectivity index (χ2n) is 6.79. The maximum Gasteiger partial charge on any atom is 0.246 e. The smallest absolute Gasteiger partial charge is 0.246 e. The minimum atomic E-state index is -0.0936. The molecule has 4 atom stereocenters. The number of carbonyl (C=O) groups excluding carboxylic acids is 2. The van der Waals surface area contributed by atoms with E-state index in [4.69, 9.17) is 9.47 Å². The van der Waals surface area contributed by atoms with Crippen LogP contribution in [-0.2, 0) is 14.3 Å². The molecule has 1 saturated carbocycles. The highest BCUT2D eigenvalue weighted by Gasteiger charge is 2.48. The number of carbonyl (C=O) groups is 2. The van der Waals surface area contributed by atoms with Crippen LogP contribution in [-0.4, -0.2) is 55.7 Å². The van der Waals surface area contributed by atoms with Crippen LogP contribution in [0.1, 0.15) is 24.3 Å². The van der Waals surface area contributed by atoms with Crippen LogP contribution >= 0.6 is 0 Å². The molecule has 0 radical (unpaired) electrons. The molecule has 2 aliphatic heterocycles. The molecule has 1 aliphatic carbocycles. The molecule has 1 N–H and O–H groups in total. The summed E-state index contributed by atoms with van der Waals surface area (Å²) >= 11 is 0. The number of rotatable bonds is 3. The first-order chi connectivity index (χ1) is 11.7. The van der Waals surface area contributed by atoms with Crippen LogP contribution in [0.3, 0.4) is 0 Å². The highest BCUT2D eigenvalue weighted by Crippen LogP contribution is 2.51. The Bertz CT molecular complexity index is 662. The second kappa shape index (κ2) is 6.09. The van der Waals surface area contributed by atoms with Crippen molar-refractivity contribution < 1.29 is 19.1 Å². The Hall–Kier alpha value is -2.08. The fourth-order valence-electron chi connectivity index (χ4n) is 3.92. The van der Waals surface area contributed by atoms with Crippen LogP contribution in [0.4, 0.5) is 0 Å². The summed E-state index contributed by atoms with van der Waals surface area (Å²) in [6.07, 6.45) is 1.69. The van der Waals surface area contributed by atoms with Crippen molar-refractivity contribution in [3.63, 3.8) is 0 Å². The summed E-state index contributed by atoms with van der Waals surface area (Å²) in [5.41, 5.74) is 1.11. The van der Waals surface area contributed by atoms with Gasteiger partial charge in [-0.05, 0) is 30.4 Å². The summed E-state index contributed by atoms with van der Waals surface area (Å²) < 4.78 is 11.0. The molecule has 0 unspecified atom stereocenters. The summed E-state index contributed by atoms with van der Waals surface area (Å²) in [6.45, 7) is 1.38. The molecule has 1 aromatic rings. The third-order valence-electron chi connectivity index (χ3n) is 5.28. The van der Waals surface area contributed by atoms with Gasteiger partial charge in [0.2, 0.25) is 11.8 Å². The zero-order valence-electron chi connectivity index (χ0n) is 13.7. The lowest BCUT2D eigenvalue weighted by Gasteiger charge is -2.41. The zero-order chi connectivity index (χ0) is 16.7. The number of nitrogens with zero attached hydrogens (tertiary/aromatic N) is 1. The lowest BCUT2D eigenvalue weighted by Crippen LogP contribution is -2.61. The number of amides is 2. The van der Waals surface area contributed by atoms with Gasteiger partial charge in [0.25, 0.3) is 0 Å². The van der Waals surface area contributed by atoms with Crippen molar-refractivity contribution in [2.45, 2.75) is 30.9 Å². The van der Waals surface area contributed by atoms with Gasteiger partial charge in [0.15, 0.2) is 0 Å². The zero-order valence-corrected chi connectivity index (χ0v) is 13.7. The van der Waals surface area contributed by atoms with Crippen molar-refractivity contribution in [3.8, 4) is 5.75 Å². The van der Waals surface area contributed by atoms with E-state index >= 15 is 0 Å². The molecule has 128 valence electrons. The number of para-hydroxylation sites is 1.